The number of carboxylic acid groups (broad SMARTS) is 1. The molecule has 0 unspecified atom stereocenters. The topological polar surface area (TPSA) is 84.9 Å². The first-order chi connectivity index (χ1) is 8.50. The largest absolute Gasteiger partial charge is 0.481 e. The third-order valence-electron chi connectivity index (χ3n) is 2.74. The number of aliphatic carboxylic acids is 1. The molecule has 0 aromatic heterocycles. The Hall–Kier alpha value is -1.14. The van der Waals surface area contributed by atoms with Crippen LogP contribution in [0.4, 0.5) is 0 Å². The Labute approximate surface area is 107 Å². The Morgan fingerprint density at radius 2 is 2.11 bits per heavy atom. The van der Waals surface area contributed by atoms with Gasteiger partial charge in [0.05, 0.1) is 25.7 Å². The predicted molar refractivity (Wildman–Crippen MR) is 64.1 cm³/mol. The summed E-state index contributed by atoms with van der Waals surface area (Å²) < 4.78 is 10.3. The van der Waals surface area contributed by atoms with Gasteiger partial charge in [-0.25, -0.2) is 0 Å². The Kier molecular flexibility index (Phi) is 6.07. The molecule has 1 aliphatic heterocycles. The fourth-order valence-corrected chi connectivity index (χ4v) is 1.82. The van der Waals surface area contributed by atoms with E-state index in [1.165, 1.54) is 0 Å². The molecule has 6 nitrogen and oxygen atoms in total. The summed E-state index contributed by atoms with van der Waals surface area (Å²) in [6.45, 7) is 5.16. The molecule has 0 aromatic carbocycles. The zero-order valence-electron chi connectivity index (χ0n) is 10.8. The standard InChI is InChI=1S/C12H21NO5/c1-8(2)5-9(12(15)16)6-13-11(14)10-7-17-3-4-18-10/h8-10H,3-7H2,1-2H3,(H,13,14)(H,15,16)/t9-,10+/m0/s1. The maximum atomic E-state index is 11.7. The van der Waals surface area contributed by atoms with E-state index in [2.05, 4.69) is 5.32 Å². The fourth-order valence-electron chi connectivity index (χ4n) is 1.82. The normalized spacial score (nSPS) is 21.6. The van der Waals surface area contributed by atoms with Gasteiger partial charge in [0.25, 0.3) is 5.91 Å². The lowest BCUT2D eigenvalue weighted by Gasteiger charge is -2.23. The van der Waals surface area contributed by atoms with Gasteiger partial charge in [0.15, 0.2) is 6.10 Å². The quantitative estimate of drug-likeness (QED) is 0.715. The summed E-state index contributed by atoms with van der Waals surface area (Å²) in [5.41, 5.74) is 0. The molecule has 1 amide bonds. The number of ether oxygens (including phenoxy) is 2. The summed E-state index contributed by atoms with van der Waals surface area (Å²) in [5.74, 6) is -1.47. The average Bonchev–Trinajstić information content (AvgIpc) is 2.34. The van der Waals surface area contributed by atoms with Gasteiger partial charge >= 0.3 is 5.97 Å². The van der Waals surface area contributed by atoms with Crippen LogP contribution in [0, 0.1) is 11.8 Å². The molecular weight excluding hydrogens is 238 g/mol. The fraction of sp³-hybridized carbons (Fsp3) is 0.833. The Balaban J connectivity index is 2.36. The molecule has 6 heteroatoms. The van der Waals surface area contributed by atoms with Crippen LogP contribution < -0.4 is 5.32 Å². The van der Waals surface area contributed by atoms with Crippen LogP contribution in [-0.4, -0.2) is 49.5 Å². The smallest absolute Gasteiger partial charge is 0.308 e. The number of carbonyl (C=O) groups is 2. The molecule has 18 heavy (non-hydrogen) atoms. The van der Waals surface area contributed by atoms with Gasteiger partial charge in [0, 0.05) is 6.54 Å². The number of rotatable bonds is 6. The zero-order valence-corrected chi connectivity index (χ0v) is 10.8. The van der Waals surface area contributed by atoms with Crippen molar-refractivity contribution >= 4 is 11.9 Å². The van der Waals surface area contributed by atoms with Crippen LogP contribution in [0.25, 0.3) is 0 Å². The minimum Gasteiger partial charge on any atom is -0.481 e. The van der Waals surface area contributed by atoms with Gasteiger partial charge in [-0.15, -0.1) is 0 Å². The summed E-state index contributed by atoms with van der Waals surface area (Å²) >= 11 is 0. The van der Waals surface area contributed by atoms with Crippen molar-refractivity contribution < 1.29 is 24.2 Å². The Morgan fingerprint density at radius 3 is 2.61 bits per heavy atom. The highest BCUT2D eigenvalue weighted by molar-refractivity contribution is 5.81. The lowest BCUT2D eigenvalue weighted by atomic mass is 9.97. The highest BCUT2D eigenvalue weighted by atomic mass is 16.6. The summed E-state index contributed by atoms with van der Waals surface area (Å²) in [4.78, 5) is 22.7. The molecule has 0 bridgehead atoms. The van der Waals surface area contributed by atoms with Gasteiger partial charge in [0.1, 0.15) is 0 Å². The summed E-state index contributed by atoms with van der Waals surface area (Å²) in [7, 11) is 0. The monoisotopic (exact) mass is 259 g/mol. The molecular formula is C12H21NO5. The van der Waals surface area contributed by atoms with E-state index < -0.39 is 18.0 Å². The van der Waals surface area contributed by atoms with E-state index in [4.69, 9.17) is 14.6 Å². The van der Waals surface area contributed by atoms with Crippen LogP contribution in [0.1, 0.15) is 20.3 Å². The van der Waals surface area contributed by atoms with Crippen LogP contribution in [0.5, 0.6) is 0 Å². The van der Waals surface area contributed by atoms with Crippen molar-refractivity contribution in [3.05, 3.63) is 0 Å². The second-order valence-corrected chi connectivity index (χ2v) is 4.84. The molecule has 104 valence electrons. The first-order valence-electron chi connectivity index (χ1n) is 6.20. The van der Waals surface area contributed by atoms with Crippen molar-refractivity contribution in [3.63, 3.8) is 0 Å². The van der Waals surface area contributed by atoms with Crippen LogP contribution in [0.3, 0.4) is 0 Å². The Morgan fingerprint density at radius 1 is 1.39 bits per heavy atom. The van der Waals surface area contributed by atoms with Crippen molar-refractivity contribution in [1.29, 1.82) is 0 Å². The summed E-state index contributed by atoms with van der Waals surface area (Å²) in [6.07, 6.45) is -0.0790. The molecule has 1 aliphatic rings. The number of hydrogen-bond donors (Lipinski definition) is 2. The maximum Gasteiger partial charge on any atom is 0.308 e. The van der Waals surface area contributed by atoms with E-state index in [0.29, 0.717) is 19.6 Å². The van der Waals surface area contributed by atoms with E-state index in [-0.39, 0.29) is 25.0 Å². The molecule has 2 N–H and O–H groups in total. The first kappa shape index (κ1) is 14.9. The van der Waals surface area contributed by atoms with E-state index in [1.54, 1.807) is 0 Å². The van der Waals surface area contributed by atoms with E-state index in [0.717, 1.165) is 0 Å². The van der Waals surface area contributed by atoms with Crippen LogP contribution in [0.2, 0.25) is 0 Å². The molecule has 1 fully saturated rings. The van der Waals surface area contributed by atoms with Gasteiger partial charge in [-0.05, 0) is 12.3 Å². The van der Waals surface area contributed by atoms with Crippen molar-refractivity contribution in [2.75, 3.05) is 26.4 Å². The zero-order chi connectivity index (χ0) is 13.5. The molecule has 0 aliphatic carbocycles. The minimum atomic E-state index is -0.884. The van der Waals surface area contributed by atoms with Gasteiger partial charge in [-0.2, -0.15) is 0 Å². The first-order valence-corrected chi connectivity index (χ1v) is 6.20. The maximum absolute atomic E-state index is 11.7. The molecule has 0 radical (unpaired) electrons. The van der Waals surface area contributed by atoms with Crippen molar-refractivity contribution in [1.82, 2.24) is 5.32 Å². The predicted octanol–water partition coefficient (Wildman–Crippen LogP) is 0.265. The summed E-state index contributed by atoms with van der Waals surface area (Å²) in [6, 6.07) is 0. The van der Waals surface area contributed by atoms with E-state index >= 15 is 0 Å². The second-order valence-electron chi connectivity index (χ2n) is 4.84. The number of carboxylic acids is 1. The molecule has 1 rings (SSSR count). The van der Waals surface area contributed by atoms with E-state index in [1.807, 2.05) is 13.8 Å². The molecule has 0 aromatic rings. The van der Waals surface area contributed by atoms with E-state index in [9.17, 15) is 9.59 Å². The van der Waals surface area contributed by atoms with Gasteiger partial charge in [-0.1, -0.05) is 13.8 Å². The molecule has 0 saturated carbocycles. The number of carbonyl (C=O) groups excluding carboxylic acids is 1. The summed E-state index contributed by atoms with van der Waals surface area (Å²) in [5, 5.41) is 11.7. The highest BCUT2D eigenvalue weighted by Crippen LogP contribution is 2.11. The second kappa shape index (κ2) is 7.33. The lowest BCUT2D eigenvalue weighted by Crippen LogP contribution is -2.45. The number of nitrogens with one attached hydrogen (secondary N) is 1. The molecule has 1 heterocycles. The lowest BCUT2D eigenvalue weighted by molar-refractivity contribution is -0.148. The number of hydrogen-bond acceptors (Lipinski definition) is 4. The van der Waals surface area contributed by atoms with Crippen molar-refractivity contribution in [3.8, 4) is 0 Å². The SMILES string of the molecule is CC(C)C[C@@H](CNC(=O)[C@H]1COCCO1)C(=O)O. The number of amides is 1. The minimum absolute atomic E-state index is 0.131. The van der Waals surface area contributed by atoms with Crippen LogP contribution in [-0.2, 0) is 19.1 Å². The van der Waals surface area contributed by atoms with Crippen LogP contribution in [0.15, 0.2) is 0 Å². The molecule has 0 spiro atoms. The molecule has 1 saturated heterocycles. The van der Waals surface area contributed by atoms with Gasteiger partial charge < -0.3 is 19.9 Å². The third kappa shape index (κ3) is 5.01. The Bertz CT molecular complexity index is 286. The van der Waals surface area contributed by atoms with Crippen molar-refractivity contribution in [2.45, 2.75) is 26.4 Å². The van der Waals surface area contributed by atoms with Crippen LogP contribution >= 0.6 is 0 Å². The van der Waals surface area contributed by atoms with Gasteiger partial charge in [-0.3, -0.25) is 9.59 Å². The average molecular weight is 259 g/mol. The third-order valence-corrected chi connectivity index (χ3v) is 2.74. The van der Waals surface area contributed by atoms with Crippen molar-refractivity contribution in [2.24, 2.45) is 11.8 Å². The van der Waals surface area contributed by atoms with Gasteiger partial charge in [0.2, 0.25) is 0 Å². The highest BCUT2D eigenvalue weighted by Gasteiger charge is 2.25. The molecule has 2 atom stereocenters.